The third kappa shape index (κ3) is 3.69. The second-order valence-corrected chi connectivity index (χ2v) is 5.64. The number of nitrogens with one attached hydrogen (secondary N) is 2. The Morgan fingerprint density at radius 3 is 2.73 bits per heavy atom. The number of fused-ring (bicyclic) bond motifs is 1. The van der Waals surface area contributed by atoms with E-state index >= 15 is 0 Å². The Bertz CT molecular complexity index is 1010. The number of aromatic amines is 1. The zero-order chi connectivity index (χ0) is 18.7. The Morgan fingerprint density at radius 1 is 1.31 bits per heavy atom. The van der Waals surface area contributed by atoms with Crippen LogP contribution in [-0.4, -0.2) is 42.5 Å². The summed E-state index contributed by atoms with van der Waals surface area (Å²) in [6, 6.07) is 7.89. The summed E-state index contributed by atoms with van der Waals surface area (Å²) in [6.07, 6.45) is 1.43. The van der Waals surface area contributed by atoms with E-state index in [9.17, 15) is 19.5 Å². The van der Waals surface area contributed by atoms with E-state index < -0.39 is 23.5 Å². The van der Waals surface area contributed by atoms with Gasteiger partial charge in [0.1, 0.15) is 12.6 Å². The normalized spacial score (nSPS) is 12.0. The zero-order valence-corrected chi connectivity index (χ0v) is 13.5. The molecular weight excluding hydrogens is 340 g/mol. The van der Waals surface area contributed by atoms with Crippen LogP contribution in [0.3, 0.4) is 0 Å². The molecule has 1 atom stereocenters. The van der Waals surface area contributed by atoms with Crippen molar-refractivity contribution in [3.05, 3.63) is 52.6 Å². The molecule has 0 bridgehead atoms. The minimum absolute atomic E-state index is 0.0473. The number of benzene rings is 1. The van der Waals surface area contributed by atoms with Crippen LogP contribution in [0, 0.1) is 0 Å². The van der Waals surface area contributed by atoms with Gasteiger partial charge in [0.05, 0.1) is 6.33 Å². The molecule has 3 rings (SSSR count). The average molecular weight is 356 g/mol. The average Bonchev–Trinajstić information content (AvgIpc) is 2.98. The van der Waals surface area contributed by atoms with Crippen LogP contribution < -0.4 is 16.6 Å². The number of aromatic nitrogens is 4. The number of rotatable bonds is 6. The van der Waals surface area contributed by atoms with Crippen molar-refractivity contribution in [2.24, 2.45) is 0 Å². The molecule has 3 aromatic rings. The van der Waals surface area contributed by atoms with Crippen LogP contribution in [0.2, 0.25) is 0 Å². The molecule has 2 heterocycles. The van der Waals surface area contributed by atoms with E-state index in [1.165, 1.54) is 10.9 Å². The van der Waals surface area contributed by atoms with Gasteiger partial charge in [-0.15, -0.1) is 0 Å². The third-order valence-corrected chi connectivity index (χ3v) is 3.72. The second kappa shape index (κ2) is 7.05. The summed E-state index contributed by atoms with van der Waals surface area (Å²) < 4.78 is 1.33. The van der Waals surface area contributed by atoms with Gasteiger partial charge in [0.25, 0.3) is 5.56 Å². The highest BCUT2D eigenvalue weighted by Gasteiger charge is 2.21. The van der Waals surface area contributed by atoms with E-state index in [-0.39, 0.29) is 30.1 Å². The Kier molecular flexibility index (Phi) is 4.65. The van der Waals surface area contributed by atoms with Crippen molar-refractivity contribution in [2.45, 2.75) is 19.0 Å². The molecule has 0 saturated carbocycles. The molecule has 1 aromatic carbocycles. The Morgan fingerprint density at radius 2 is 2.04 bits per heavy atom. The topological polar surface area (TPSA) is 156 Å². The quantitative estimate of drug-likeness (QED) is 0.464. The number of aliphatic carboxylic acids is 1. The Labute approximate surface area is 146 Å². The lowest BCUT2D eigenvalue weighted by molar-refractivity contribution is -0.141. The molecule has 10 heteroatoms. The summed E-state index contributed by atoms with van der Waals surface area (Å²) in [5.41, 5.74) is 5.97. The van der Waals surface area contributed by atoms with Crippen LogP contribution in [0.25, 0.3) is 11.2 Å². The molecule has 0 fully saturated rings. The maximum Gasteiger partial charge on any atom is 0.326 e. The molecule has 1 unspecified atom stereocenters. The summed E-state index contributed by atoms with van der Waals surface area (Å²) in [5, 5.41) is 11.8. The lowest BCUT2D eigenvalue weighted by Crippen LogP contribution is -2.43. The molecule has 0 aliphatic heterocycles. The van der Waals surface area contributed by atoms with Gasteiger partial charge >= 0.3 is 5.97 Å². The molecule has 26 heavy (non-hydrogen) atoms. The summed E-state index contributed by atoms with van der Waals surface area (Å²) in [5.74, 6) is -1.79. The number of H-pyrrole nitrogens is 1. The number of hydrogen-bond acceptors (Lipinski definition) is 6. The molecule has 0 radical (unpaired) electrons. The summed E-state index contributed by atoms with van der Waals surface area (Å²) >= 11 is 0. The Hall–Kier alpha value is -3.69. The van der Waals surface area contributed by atoms with Crippen LogP contribution in [-0.2, 0) is 22.6 Å². The monoisotopic (exact) mass is 356 g/mol. The van der Waals surface area contributed by atoms with E-state index in [0.717, 1.165) is 5.56 Å². The van der Waals surface area contributed by atoms with Crippen LogP contribution in [0.15, 0.2) is 41.5 Å². The SMILES string of the molecule is Nc1nc2c(ncn2CC(=O)NC(Cc2ccccc2)C(=O)O)c(=O)[nH]1. The summed E-state index contributed by atoms with van der Waals surface area (Å²) in [6.45, 7) is -0.245. The maximum absolute atomic E-state index is 12.3. The summed E-state index contributed by atoms with van der Waals surface area (Å²) in [4.78, 5) is 45.6. The van der Waals surface area contributed by atoms with Gasteiger partial charge in [-0.2, -0.15) is 4.98 Å². The Balaban J connectivity index is 1.75. The highest BCUT2D eigenvalue weighted by molar-refractivity contribution is 5.84. The lowest BCUT2D eigenvalue weighted by Gasteiger charge is -2.15. The van der Waals surface area contributed by atoms with Crippen LogP contribution in [0.5, 0.6) is 0 Å². The molecule has 0 saturated heterocycles. The molecule has 0 aliphatic carbocycles. The number of hydrogen-bond donors (Lipinski definition) is 4. The van der Waals surface area contributed by atoms with Crippen LogP contribution in [0.4, 0.5) is 5.95 Å². The molecule has 1 amide bonds. The van der Waals surface area contributed by atoms with Crippen molar-refractivity contribution in [1.82, 2.24) is 24.8 Å². The molecule has 0 aliphatic rings. The number of imidazole rings is 1. The van der Waals surface area contributed by atoms with E-state index in [4.69, 9.17) is 5.73 Å². The third-order valence-electron chi connectivity index (χ3n) is 3.72. The highest BCUT2D eigenvalue weighted by Crippen LogP contribution is 2.07. The van der Waals surface area contributed by atoms with Crippen molar-refractivity contribution in [2.75, 3.05) is 5.73 Å². The van der Waals surface area contributed by atoms with E-state index in [0.29, 0.717) is 0 Å². The number of anilines is 1. The predicted molar refractivity (Wildman–Crippen MR) is 92.3 cm³/mol. The number of carbonyl (C=O) groups is 2. The first-order valence-corrected chi connectivity index (χ1v) is 7.71. The fraction of sp³-hybridized carbons (Fsp3) is 0.188. The van der Waals surface area contributed by atoms with Crippen molar-refractivity contribution in [1.29, 1.82) is 0 Å². The van der Waals surface area contributed by atoms with Crippen molar-refractivity contribution in [3.63, 3.8) is 0 Å². The molecule has 10 nitrogen and oxygen atoms in total. The number of nitrogens with zero attached hydrogens (tertiary/aromatic N) is 3. The van der Waals surface area contributed by atoms with Gasteiger partial charge < -0.3 is 20.7 Å². The molecule has 134 valence electrons. The summed E-state index contributed by atoms with van der Waals surface area (Å²) in [7, 11) is 0. The van der Waals surface area contributed by atoms with Gasteiger partial charge in [0, 0.05) is 6.42 Å². The van der Waals surface area contributed by atoms with E-state index in [2.05, 4.69) is 20.3 Å². The molecule has 5 N–H and O–H groups in total. The number of carboxylic acid groups (broad SMARTS) is 1. The number of nitrogens with two attached hydrogens (primary N) is 1. The van der Waals surface area contributed by atoms with Crippen molar-refractivity contribution >= 4 is 29.0 Å². The first-order chi connectivity index (χ1) is 12.4. The standard InChI is InChI=1S/C16H16N6O4/c17-16-20-13-12(14(24)21-16)18-8-22(13)7-11(23)19-10(15(25)26)6-9-4-2-1-3-5-9/h1-5,8,10H,6-7H2,(H,19,23)(H,25,26)(H3,17,20,21,24). The van der Waals surface area contributed by atoms with Crippen LogP contribution in [0.1, 0.15) is 5.56 Å². The second-order valence-electron chi connectivity index (χ2n) is 5.64. The number of nitrogen functional groups attached to an aromatic ring is 1. The fourth-order valence-electron chi connectivity index (χ4n) is 2.53. The predicted octanol–water partition coefficient (Wildman–Crippen LogP) is -0.486. The van der Waals surface area contributed by atoms with Crippen LogP contribution >= 0.6 is 0 Å². The molecular formula is C16H16N6O4. The first-order valence-electron chi connectivity index (χ1n) is 7.71. The van der Waals surface area contributed by atoms with Gasteiger partial charge in [0.2, 0.25) is 11.9 Å². The molecule has 0 spiro atoms. The minimum atomic E-state index is -1.14. The number of carboxylic acids is 1. The smallest absolute Gasteiger partial charge is 0.326 e. The molecule has 2 aromatic heterocycles. The van der Waals surface area contributed by atoms with Crippen molar-refractivity contribution < 1.29 is 14.7 Å². The van der Waals surface area contributed by atoms with Crippen molar-refractivity contribution in [3.8, 4) is 0 Å². The van der Waals surface area contributed by atoms with Gasteiger partial charge in [-0.1, -0.05) is 30.3 Å². The minimum Gasteiger partial charge on any atom is -0.480 e. The first kappa shape index (κ1) is 17.1. The number of carbonyl (C=O) groups excluding carboxylic acids is 1. The number of amides is 1. The van der Waals surface area contributed by atoms with Gasteiger partial charge in [-0.25, -0.2) is 9.78 Å². The lowest BCUT2D eigenvalue weighted by atomic mass is 10.1. The van der Waals surface area contributed by atoms with Gasteiger partial charge in [0.15, 0.2) is 11.2 Å². The van der Waals surface area contributed by atoms with Gasteiger partial charge in [-0.05, 0) is 5.56 Å². The fourth-order valence-corrected chi connectivity index (χ4v) is 2.53. The van der Waals surface area contributed by atoms with E-state index in [1.54, 1.807) is 24.3 Å². The van der Waals surface area contributed by atoms with Gasteiger partial charge in [-0.3, -0.25) is 14.6 Å². The largest absolute Gasteiger partial charge is 0.480 e. The zero-order valence-electron chi connectivity index (χ0n) is 13.5. The highest BCUT2D eigenvalue weighted by atomic mass is 16.4. The maximum atomic E-state index is 12.3. The van der Waals surface area contributed by atoms with E-state index in [1.807, 2.05) is 6.07 Å².